The first-order valence-electron chi connectivity index (χ1n) is 6.37. The Bertz CT molecular complexity index is 671. The van der Waals surface area contributed by atoms with Crippen LogP contribution >= 0.6 is 15.9 Å². The van der Waals surface area contributed by atoms with Gasteiger partial charge >= 0.3 is 5.97 Å². The molecule has 110 valence electrons. The smallest absolute Gasteiger partial charge is 0.340 e. The van der Waals surface area contributed by atoms with E-state index in [-0.39, 0.29) is 6.61 Å². The molecule has 4 nitrogen and oxygen atoms in total. The zero-order valence-corrected chi connectivity index (χ0v) is 13.4. The summed E-state index contributed by atoms with van der Waals surface area (Å²) < 4.78 is 11.5. The molecule has 0 aliphatic carbocycles. The van der Waals surface area contributed by atoms with Gasteiger partial charge in [-0.25, -0.2) is 4.79 Å². The highest BCUT2D eigenvalue weighted by Gasteiger charge is 2.13. The summed E-state index contributed by atoms with van der Waals surface area (Å²) in [6.45, 7) is 2.02. The number of ether oxygens (including phenoxy) is 2. The summed E-state index contributed by atoms with van der Waals surface area (Å²) >= 11 is 3.38. The van der Waals surface area contributed by atoms with Crippen molar-refractivity contribution in [1.29, 1.82) is 0 Å². The van der Waals surface area contributed by atoms with Gasteiger partial charge in [0.25, 0.3) is 0 Å². The third-order valence-electron chi connectivity index (χ3n) is 3.03. The highest BCUT2D eigenvalue weighted by atomic mass is 79.9. The van der Waals surface area contributed by atoms with Crippen molar-refractivity contribution in [3.05, 3.63) is 57.6 Å². The van der Waals surface area contributed by atoms with Crippen molar-refractivity contribution in [2.75, 3.05) is 12.8 Å². The number of nitrogens with two attached hydrogens (primary N) is 1. The SMILES string of the molecule is COc1ccc(Br)cc1COC(=O)c1cc(C)ccc1N. The van der Waals surface area contributed by atoms with Gasteiger partial charge < -0.3 is 15.2 Å². The number of aryl methyl sites for hydroxylation is 1. The molecule has 0 fully saturated rings. The Morgan fingerprint density at radius 1 is 1.24 bits per heavy atom. The number of methoxy groups -OCH3 is 1. The van der Waals surface area contributed by atoms with Gasteiger partial charge in [-0.3, -0.25) is 0 Å². The summed E-state index contributed by atoms with van der Waals surface area (Å²) in [4.78, 5) is 12.1. The first-order chi connectivity index (χ1) is 10.0. The first-order valence-corrected chi connectivity index (χ1v) is 7.16. The lowest BCUT2D eigenvalue weighted by molar-refractivity contribution is 0.0471. The summed E-state index contributed by atoms with van der Waals surface area (Å²) in [7, 11) is 1.58. The van der Waals surface area contributed by atoms with Crippen LogP contribution in [-0.4, -0.2) is 13.1 Å². The summed E-state index contributed by atoms with van der Waals surface area (Å²) in [6.07, 6.45) is 0. The molecule has 2 rings (SSSR count). The number of halogens is 1. The maximum Gasteiger partial charge on any atom is 0.340 e. The number of nitrogen functional groups attached to an aromatic ring is 1. The Balaban J connectivity index is 2.14. The van der Waals surface area contributed by atoms with Crippen LogP contribution in [0.25, 0.3) is 0 Å². The van der Waals surface area contributed by atoms with Gasteiger partial charge in [0, 0.05) is 15.7 Å². The molecule has 21 heavy (non-hydrogen) atoms. The van der Waals surface area contributed by atoms with Gasteiger partial charge in [0.1, 0.15) is 12.4 Å². The zero-order valence-electron chi connectivity index (χ0n) is 11.9. The second-order valence-corrected chi connectivity index (χ2v) is 5.54. The van der Waals surface area contributed by atoms with Crippen LogP contribution < -0.4 is 10.5 Å². The summed E-state index contributed by atoms with van der Waals surface area (Å²) in [5.41, 5.74) is 8.33. The fourth-order valence-corrected chi connectivity index (χ4v) is 2.34. The molecular weight excluding hydrogens is 334 g/mol. The van der Waals surface area contributed by atoms with E-state index in [2.05, 4.69) is 15.9 Å². The number of carbonyl (C=O) groups is 1. The Kier molecular flexibility index (Phi) is 4.85. The number of benzene rings is 2. The fraction of sp³-hybridized carbons (Fsp3) is 0.188. The molecule has 0 spiro atoms. The van der Waals surface area contributed by atoms with E-state index in [4.69, 9.17) is 15.2 Å². The molecule has 2 N–H and O–H groups in total. The molecule has 0 radical (unpaired) electrons. The number of anilines is 1. The maximum absolute atomic E-state index is 12.1. The average Bonchev–Trinajstić information content (AvgIpc) is 2.47. The van der Waals surface area contributed by atoms with E-state index in [0.717, 1.165) is 15.6 Å². The van der Waals surface area contributed by atoms with Gasteiger partial charge in [0.2, 0.25) is 0 Å². The lowest BCUT2D eigenvalue weighted by Gasteiger charge is -2.11. The Morgan fingerprint density at radius 2 is 2.00 bits per heavy atom. The average molecular weight is 350 g/mol. The minimum atomic E-state index is -0.446. The van der Waals surface area contributed by atoms with Gasteiger partial charge in [0.05, 0.1) is 12.7 Å². The van der Waals surface area contributed by atoms with Crippen LogP contribution in [-0.2, 0) is 11.3 Å². The lowest BCUT2D eigenvalue weighted by atomic mass is 10.1. The molecule has 0 heterocycles. The van der Waals surface area contributed by atoms with Crippen molar-refractivity contribution >= 4 is 27.6 Å². The second-order valence-electron chi connectivity index (χ2n) is 4.62. The van der Waals surface area contributed by atoms with E-state index in [1.54, 1.807) is 19.2 Å². The van der Waals surface area contributed by atoms with Gasteiger partial charge in [-0.2, -0.15) is 0 Å². The molecule has 0 aliphatic heterocycles. The van der Waals surface area contributed by atoms with Gasteiger partial charge in [-0.1, -0.05) is 27.6 Å². The van der Waals surface area contributed by atoms with E-state index < -0.39 is 5.97 Å². The van der Waals surface area contributed by atoms with Crippen molar-refractivity contribution < 1.29 is 14.3 Å². The van der Waals surface area contributed by atoms with Crippen molar-refractivity contribution in [2.24, 2.45) is 0 Å². The number of rotatable bonds is 4. The normalized spacial score (nSPS) is 10.2. The highest BCUT2D eigenvalue weighted by Crippen LogP contribution is 2.24. The summed E-state index contributed by atoms with van der Waals surface area (Å²) in [5, 5.41) is 0. The molecule has 5 heteroatoms. The standard InChI is InChI=1S/C16H16BrNO3/c1-10-3-5-14(18)13(7-10)16(19)21-9-11-8-12(17)4-6-15(11)20-2/h3-8H,9,18H2,1-2H3. The Morgan fingerprint density at radius 3 is 2.71 bits per heavy atom. The van der Waals surface area contributed by atoms with E-state index >= 15 is 0 Å². The second kappa shape index (κ2) is 6.63. The third kappa shape index (κ3) is 3.76. The molecule has 0 amide bonds. The first kappa shape index (κ1) is 15.4. The molecule has 0 bridgehead atoms. The van der Waals surface area contributed by atoms with Crippen LogP contribution in [0.15, 0.2) is 40.9 Å². The van der Waals surface area contributed by atoms with Crippen molar-refractivity contribution in [3.8, 4) is 5.75 Å². The van der Waals surface area contributed by atoms with Crippen LogP contribution in [0.5, 0.6) is 5.75 Å². The molecule has 0 saturated heterocycles. The van der Waals surface area contributed by atoms with Gasteiger partial charge in [-0.05, 0) is 37.3 Å². The number of hydrogen-bond donors (Lipinski definition) is 1. The summed E-state index contributed by atoms with van der Waals surface area (Å²) in [5.74, 6) is 0.224. The van der Waals surface area contributed by atoms with Gasteiger partial charge in [0.15, 0.2) is 0 Å². The Hall–Kier alpha value is -2.01. The third-order valence-corrected chi connectivity index (χ3v) is 3.52. The molecule has 0 unspecified atom stereocenters. The molecular formula is C16H16BrNO3. The van der Waals surface area contributed by atoms with Crippen LogP contribution in [0.3, 0.4) is 0 Å². The maximum atomic E-state index is 12.1. The van der Waals surface area contributed by atoms with Crippen LogP contribution in [0, 0.1) is 6.92 Å². The minimum absolute atomic E-state index is 0.120. The molecule has 0 aliphatic rings. The summed E-state index contributed by atoms with van der Waals surface area (Å²) in [6, 6.07) is 10.8. The topological polar surface area (TPSA) is 61.5 Å². The van der Waals surface area contributed by atoms with E-state index in [9.17, 15) is 4.79 Å². The van der Waals surface area contributed by atoms with E-state index in [1.807, 2.05) is 31.2 Å². The lowest BCUT2D eigenvalue weighted by Crippen LogP contribution is -2.09. The quantitative estimate of drug-likeness (QED) is 0.675. The van der Waals surface area contributed by atoms with E-state index in [0.29, 0.717) is 17.0 Å². The monoisotopic (exact) mass is 349 g/mol. The molecule has 2 aromatic rings. The molecule has 0 aromatic heterocycles. The van der Waals surface area contributed by atoms with Crippen LogP contribution in [0.1, 0.15) is 21.5 Å². The van der Waals surface area contributed by atoms with Gasteiger partial charge in [-0.15, -0.1) is 0 Å². The molecule has 2 aromatic carbocycles. The predicted octanol–water partition coefficient (Wildman–Crippen LogP) is 3.71. The molecule has 0 atom stereocenters. The number of hydrogen-bond acceptors (Lipinski definition) is 4. The molecule has 0 saturated carbocycles. The largest absolute Gasteiger partial charge is 0.496 e. The van der Waals surface area contributed by atoms with Crippen molar-refractivity contribution in [2.45, 2.75) is 13.5 Å². The van der Waals surface area contributed by atoms with Crippen LogP contribution in [0.2, 0.25) is 0 Å². The fourth-order valence-electron chi connectivity index (χ4n) is 1.93. The number of carbonyl (C=O) groups excluding carboxylic acids is 1. The minimum Gasteiger partial charge on any atom is -0.496 e. The van der Waals surface area contributed by atoms with Crippen molar-refractivity contribution in [3.63, 3.8) is 0 Å². The van der Waals surface area contributed by atoms with E-state index in [1.165, 1.54) is 0 Å². The van der Waals surface area contributed by atoms with Crippen LogP contribution in [0.4, 0.5) is 5.69 Å². The Labute approximate surface area is 132 Å². The predicted molar refractivity (Wildman–Crippen MR) is 85.4 cm³/mol. The number of esters is 1. The highest BCUT2D eigenvalue weighted by molar-refractivity contribution is 9.10. The zero-order chi connectivity index (χ0) is 15.4. The van der Waals surface area contributed by atoms with Crippen molar-refractivity contribution in [1.82, 2.24) is 0 Å².